The molecule has 0 amide bonds. The molecule has 1 spiro atoms. The highest BCUT2D eigenvalue weighted by molar-refractivity contribution is 6.70. The normalized spacial score (nSPS) is 35.3. The second-order valence-corrected chi connectivity index (χ2v) is 20.2. The number of ether oxygens (including phenoxy) is 1. The van der Waals surface area contributed by atoms with E-state index in [0.717, 1.165) is 30.9 Å². The molecule has 0 aromatic heterocycles. The molecule has 0 radical (unpaired) electrons. The fraction of sp³-hybridized carbons (Fsp3) is 0.652. The quantitative estimate of drug-likeness (QED) is 0.518. The van der Waals surface area contributed by atoms with E-state index < -0.39 is 16.6 Å². The molecule has 1 aromatic rings. The third kappa shape index (κ3) is 2.98. The first kappa shape index (κ1) is 19.9. The summed E-state index contributed by atoms with van der Waals surface area (Å²) < 4.78 is 20.1. The summed E-state index contributed by atoms with van der Waals surface area (Å²) in [5, 5.41) is 0. The molecule has 2 bridgehead atoms. The molecule has 2 heterocycles. The van der Waals surface area contributed by atoms with Gasteiger partial charge in [-0.1, -0.05) is 18.2 Å². The summed E-state index contributed by atoms with van der Waals surface area (Å²) >= 11 is 0. The van der Waals surface area contributed by atoms with E-state index in [4.69, 9.17) is 13.6 Å². The molecule has 1 aromatic carbocycles. The zero-order valence-corrected chi connectivity index (χ0v) is 20.9. The maximum absolute atomic E-state index is 6.87. The molecule has 0 N–H and O–H groups in total. The summed E-state index contributed by atoms with van der Waals surface area (Å²) in [5.74, 6) is 2.47. The zero-order valence-electron chi connectivity index (χ0n) is 18.9. The van der Waals surface area contributed by atoms with Crippen molar-refractivity contribution in [1.82, 2.24) is 4.90 Å². The molecule has 5 rings (SSSR count). The SMILES string of the molecule is CN1CC[C@]23c4c5ccc(O[Si](C)(C)C)c4OC2C(O[Si](C)(C)C)C=CC3[C@@H]1C5. The minimum atomic E-state index is -1.73. The van der Waals surface area contributed by atoms with Gasteiger partial charge >= 0.3 is 0 Å². The summed E-state index contributed by atoms with van der Waals surface area (Å²) in [6, 6.07) is 5.02. The molecule has 2 aliphatic heterocycles. The van der Waals surface area contributed by atoms with Gasteiger partial charge in [0.25, 0.3) is 0 Å². The number of benzene rings is 1. The van der Waals surface area contributed by atoms with Crippen LogP contribution in [0.4, 0.5) is 0 Å². The predicted octanol–water partition coefficient (Wildman–Crippen LogP) is 4.57. The lowest BCUT2D eigenvalue weighted by atomic mass is 9.53. The Morgan fingerprint density at radius 2 is 1.83 bits per heavy atom. The topological polar surface area (TPSA) is 30.9 Å². The Labute approximate surface area is 177 Å². The largest absolute Gasteiger partial charge is 0.542 e. The van der Waals surface area contributed by atoms with E-state index in [1.807, 2.05) is 0 Å². The van der Waals surface area contributed by atoms with Crippen LogP contribution in [0.2, 0.25) is 39.3 Å². The van der Waals surface area contributed by atoms with Crippen LogP contribution in [0.25, 0.3) is 0 Å². The van der Waals surface area contributed by atoms with Crippen LogP contribution in [-0.2, 0) is 16.3 Å². The van der Waals surface area contributed by atoms with E-state index in [9.17, 15) is 0 Å². The first-order chi connectivity index (χ1) is 13.5. The lowest BCUT2D eigenvalue weighted by Gasteiger charge is -2.57. The molecular weight excluding hydrogens is 394 g/mol. The molecule has 0 saturated carbocycles. The van der Waals surface area contributed by atoms with Crippen LogP contribution in [0.15, 0.2) is 24.3 Å². The zero-order chi connectivity index (χ0) is 20.8. The van der Waals surface area contributed by atoms with Crippen molar-refractivity contribution in [1.29, 1.82) is 0 Å². The molecule has 5 atom stereocenters. The highest BCUT2D eigenvalue weighted by atomic mass is 28.4. The Kier molecular flexibility index (Phi) is 4.26. The Balaban J connectivity index is 1.68. The number of likely N-dealkylation sites (N-methyl/N-ethyl adjacent to an activating group) is 1. The van der Waals surface area contributed by atoms with E-state index in [0.29, 0.717) is 12.0 Å². The fourth-order valence-corrected chi connectivity index (χ4v) is 7.97. The molecule has 2 aliphatic carbocycles. The van der Waals surface area contributed by atoms with Crippen molar-refractivity contribution < 1.29 is 13.6 Å². The molecule has 4 nitrogen and oxygen atoms in total. The highest BCUT2D eigenvalue weighted by Gasteiger charge is 2.64. The molecular formula is C23H35NO3Si2. The monoisotopic (exact) mass is 429 g/mol. The number of rotatable bonds is 4. The molecule has 1 saturated heterocycles. The van der Waals surface area contributed by atoms with Gasteiger partial charge in [0.05, 0.1) is 0 Å². The van der Waals surface area contributed by atoms with Crippen LogP contribution in [0, 0.1) is 5.92 Å². The fourth-order valence-electron chi connectivity index (χ4n) is 6.13. The number of hydrogen-bond acceptors (Lipinski definition) is 4. The molecule has 158 valence electrons. The first-order valence-corrected chi connectivity index (χ1v) is 17.9. The van der Waals surface area contributed by atoms with Crippen molar-refractivity contribution in [2.45, 2.75) is 75.8 Å². The van der Waals surface area contributed by atoms with Crippen molar-refractivity contribution >= 4 is 16.6 Å². The van der Waals surface area contributed by atoms with E-state index in [1.54, 1.807) is 0 Å². The first-order valence-electron chi connectivity index (χ1n) is 11.1. The average molecular weight is 430 g/mol. The maximum atomic E-state index is 6.87. The van der Waals surface area contributed by atoms with Crippen molar-refractivity contribution in [2.24, 2.45) is 5.92 Å². The maximum Gasteiger partial charge on any atom is 0.242 e. The van der Waals surface area contributed by atoms with Gasteiger partial charge in [0.2, 0.25) is 8.32 Å². The summed E-state index contributed by atoms with van der Waals surface area (Å²) in [5.41, 5.74) is 2.93. The Morgan fingerprint density at radius 3 is 2.52 bits per heavy atom. The van der Waals surface area contributed by atoms with Gasteiger partial charge in [-0.2, -0.15) is 0 Å². The smallest absolute Gasteiger partial charge is 0.242 e. The van der Waals surface area contributed by atoms with Gasteiger partial charge in [0, 0.05) is 22.9 Å². The van der Waals surface area contributed by atoms with Gasteiger partial charge < -0.3 is 18.5 Å². The van der Waals surface area contributed by atoms with Crippen LogP contribution in [0.5, 0.6) is 11.5 Å². The molecule has 29 heavy (non-hydrogen) atoms. The summed E-state index contributed by atoms with van der Waals surface area (Å²) in [4.78, 5) is 2.56. The van der Waals surface area contributed by atoms with Crippen LogP contribution in [0.3, 0.4) is 0 Å². The van der Waals surface area contributed by atoms with Crippen LogP contribution < -0.4 is 9.16 Å². The average Bonchev–Trinajstić information content (AvgIpc) is 2.94. The van der Waals surface area contributed by atoms with Crippen LogP contribution >= 0.6 is 0 Å². The third-order valence-corrected chi connectivity index (χ3v) is 8.83. The summed E-state index contributed by atoms with van der Waals surface area (Å²) in [7, 11) is -1.15. The summed E-state index contributed by atoms with van der Waals surface area (Å²) in [6.45, 7) is 14.7. The van der Waals surface area contributed by atoms with Crippen molar-refractivity contribution in [3.8, 4) is 11.5 Å². The Morgan fingerprint density at radius 1 is 1.07 bits per heavy atom. The van der Waals surface area contributed by atoms with Crippen LogP contribution in [0.1, 0.15) is 17.5 Å². The molecule has 4 aliphatic rings. The minimum Gasteiger partial charge on any atom is -0.542 e. The number of piperidine rings is 1. The standard InChI is InChI=1S/C23H35NO3Si2/c1-24-13-12-23-16-9-11-19(27-29(5,6)7)22(23)25-21-18(26-28(2,3)4)10-8-15(20(21)23)14-17(16)24/h8-11,16-17,19,22H,12-14H2,1-7H3/t16?,17-,19?,22?,23-/m0/s1. The van der Waals surface area contributed by atoms with E-state index in [-0.39, 0.29) is 17.6 Å². The summed E-state index contributed by atoms with van der Waals surface area (Å²) in [6.07, 6.45) is 7.09. The van der Waals surface area contributed by atoms with Crippen LogP contribution in [-0.4, -0.2) is 53.4 Å². The second-order valence-electron chi connectivity index (χ2n) is 11.3. The molecule has 1 fully saturated rings. The molecule has 3 unspecified atom stereocenters. The highest BCUT2D eigenvalue weighted by Crippen LogP contribution is 2.63. The van der Waals surface area contributed by atoms with Crippen molar-refractivity contribution in [3.63, 3.8) is 0 Å². The molecule has 6 heteroatoms. The van der Waals surface area contributed by atoms with Gasteiger partial charge in [-0.05, 0) is 77.3 Å². The second kappa shape index (κ2) is 6.22. The lowest BCUT2D eigenvalue weighted by molar-refractivity contribution is -0.0401. The van der Waals surface area contributed by atoms with Gasteiger partial charge in [-0.25, -0.2) is 0 Å². The van der Waals surface area contributed by atoms with Gasteiger partial charge in [-0.3, -0.25) is 0 Å². The Hall–Kier alpha value is -1.09. The van der Waals surface area contributed by atoms with Crippen molar-refractivity contribution in [3.05, 3.63) is 35.4 Å². The minimum absolute atomic E-state index is 0.0258. The predicted molar refractivity (Wildman–Crippen MR) is 122 cm³/mol. The lowest BCUT2D eigenvalue weighted by Crippen LogP contribution is -2.65. The van der Waals surface area contributed by atoms with Crippen molar-refractivity contribution in [2.75, 3.05) is 13.6 Å². The van der Waals surface area contributed by atoms with Gasteiger partial charge in [-0.15, -0.1) is 0 Å². The van der Waals surface area contributed by atoms with E-state index in [1.165, 1.54) is 11.1 Å². The number of nitrogens with zero attached hydrogens (tertiary/aromatic N) is 1. The van der Waals surface area contributed by atoms with E-state index >= 15 is 0 Å². The number of likely N-dealkylation sites (tertiary alicyclic amines) is 1. The number of hydrogen-bond donors (Lipinski definition) is 0. The van der Waals surface area contributed by atoms with Gasteiger partial charge in [0.1, 0.15) is 18.0 Å². The van der Waals surface area contributed by atoms with Gasteiger partial charge in [0.15, 0.2) is 14.1 Å². The third-order valence-electron chi connectivity index (χ3n) is 7.02. The van der Waals surface area contributed by atoms with E-state index in [2.05, 4.69) is 75.5 Å². The Bertz CT molecular complexity index is 872.